The molecular weight excluding hydrogens is 287 g/mol. The lowest BCUT2D eigenvalue weighted by Gasteiger charge is -2.41. The van der Waals surface area contributed by atoms with Crippen molar-refractivity contribution < 1.29 is 9.13 Å². The maximum atomic E-state index is 13.3. The molecule has 1 spiro atoms. The molecule has 0 bridgehead atoms. The normalized spacial score (nSPS) is 30.7. The van der Waals surface area contributed by atoms with Gasteiger partial charge in [0.25, 0.3) is 0 Å². The van der Waals surface area contributed by atoms with Gasteiger partial charge in [-0.05, 0) is 61.1 Å². The second-order valence-electron chi connectivity index (χ2n) is 6.23. The lowest BCUT2D eigenvalue weighted by Crippen LogP contribution is -2.45. The Morgan fingerprint density at radius 3 is 3.05 bits per heavy atom. The average molecular weight is 310 g/mol. The number of nitrogens with one attached hydrogen (secondary N) is 1. The van der Waals surface area contributed by atoms with Gasteiger partial charge in [0.05, 0.1) is 5.60 Å². The molecule has 3 unspecified atom stereocenters. The molecule has 0 radical (unpaired) electrons. The quantitative estimate of drug-likeness (QED) is 0.666. The first-order chi connectivity index (χ1) is 10.1. The summed E-state index contributed by atoms with van der Waals surface area (Å²) < 4.78 is 19.4. The Bertz CT molecular complexity index is 505. The van der Waals surface area contributed by atoms with Crippen molar-refractivity contribution in [2.45, 2.75) is 37.8 Å². The second-order valence-corrected chi connectivity index (χ2v) is 7.34. The fourth-order valence-corrected chi connectivity index (χ4v) is 5.06. The van der Waals surface area contributed by atoms with Gasteiger partial charge in [-0.15, -0.1) is 0 Å². The molecule has 1 aromatic rings. The van der Waals surface area contributed by atoms with Gasteiger partial charge in [0.2, 0.25) is 0 Å². The maximum Gasteiger partial charge on any atom is 0.123 e. The summed E-state index contributed by atoms with van der Waals surface area (Å²) in [6.45, 7) is 2.74. The van der Waals surface area contributed by atoms with Crippen LogP contribution in [-0.4, -0.2) is 23.7 Å². The second kappa shape index (κ2) is 6.24. The van der Waals surface area contributed by atoms with Crippen LogP contribution in [0.4, 0.5) is 4.39 Å². The van der Waals surface area contributed by atoms with Crippen LogP contribution < -0.4 is 11.3 Å². The largest absolute Gasteiger partial charge is 0.374 e. The molecule has 2 aliphatic rings. The minimum absolute atomic E-state index is 0.0383. The number of ether oxygens (including phenoxy) is 1. The Morgan fingerprint density at radius 2 is 2.38 bits per heavy atom. The number of hydrogen-bond donors (Lipinski definition) is 2. The van der Waals surface area contributed by atoms with Gasteiger partial charge in [-0.25, -0.2) is 4.39 Å². The Hall–Kier alpha value is -0.620. The van der Waals surface area contributed by atoms with Crippen LogP contribution in [0.15, 0.2) is 18.2 Å². The minimum atomic E-state index is -0.192. The Balaban J connectivity index is 1.82. The summed E-state index contributed by atoms with van der Waals surface area (Å²) in [7, 11) is 0. The molecule has 3 nitrogen and oxygen atoms in total. The summed E-state index contributed by atoms with van der Waals surface area (Å²) in [5, 5.41) is 0. The van der Waals surface area contributed by atoms with Crippen molar-refractivity contribution in [2.24, 2.45) is 11.8 Å². The third-order valence-corrected chi connectivity index (χ3v) is 6.04. The highest BCUT2D eigenvalue weighted by Gasteiger charge is 2.42. The van der Waals surface area contributed by atoms with Crippen molar-refractivity contribution in [1.29, 1.82) is 0 Å². The molecule has 3 rings (SSSR count). The molecule has 116 valence electrons. The zero-order valence-corrected chi connectivity index (χ0v) is 13.2. The third-order valence-electron chi connectivity index (χ3n) is 4.82. The summed E-state index contributed by atoms with van der Waals surface area (Å²) in [6.07, 6.45) is 3.16. The maximum absolute atomic E-state index is 13.3. The Kier molecular flexibility index (Phi) is 4.54. The first-order valence-electron chi connectivity index (χ1n) is 7.57. The molecule has 2 heterocycles. The zero-order valence-electron chi connectivity index (χ0n) is 12.4. The molecule has 3 N–H and O–H groups in total. The molecular formula is C16H23FN2OS. The highest BCUT2D eigenvalue weighted by atomic mass is 32.2. The standard InChI is InChI=1S/C16H23FN2OS/c1-11-8-13(17)2-3-14(11)15(19-18)12-4-6-20-16(9-12)5-7-21-10-16/h2-3,8,12,15,19H,4-7,9-10,18H2,1H3. The average Bonchev–Trinajstić information content (AvgIpc) is 2.90. The van der Waals surface area contributed by atoms with E-state index in [4.69, 9.17) is 10.6 Å². The van der Waals surface area contributed by atoms with Crippen LogP contribution in [0.1, 0.15) is 36.4 Å². The summed E-state index contributed by atoms with van der Waals surface area (Å²) in [5.41, 5.74) is 5.07. The summed E-state index contributed by atoms with van der Waals surface area (Å²) in [5.74, 6) is 8.35. The van der Waals surface area contributed by atoms with E-state index in [1.54, 1.807) is 6.07 Å². The summed E-state index contributed by atoms with van der Waals surface area (Å²) >= 11 is 1.98. The fraction of sp³-hybridized carbons (Fsp3) is 0.625. The molecule has 2 saturated heterocycles. The van der Waals surface area contributed by atoms with Crippen LogP contribution in [0.5, 0.6) is 0 Å². The number of hydrazine groups is 1. The van der Waals surface area contributed by atoms with Gasteiger partial charge in [-0.2, -0.15) is 11.8 Å². The smallest absolute Gasteiger partial charge is 0.123 e. The van der Waals surface area contributed by atoms with Gasteiger partial charge in [0, 0.05) is 18.4 Å². The van der Waals surface area contributed by atoms with E-state index in [0.717, 1.165) is 42.7 Å². The summed E-state index contributed by atoms with van der Waals surface area (Å²) in [6, 6.07) is 5.03. The lowest BCUT2D eigenvalue weighted by molar-refractivity contribution is -0.0854. The van der Waals surface area contributed by atoms with Gasteiger partial charge < -0.3 is 4.74 Å². The molecule has 2 aliphatic heterocycles. The number of rotatable bonds is 3. The van der Waals surface area contributed by atoms with Crippen LogP contribution >= 0.6 is 11.8 Å². The van der Waals surface area contributed by atoms with Crippen LogP contribution in [-0.2, 0) is 4.74 Å². The molecule has 5 heteroatoms. The van der Waals surface area contributed by atoms with E-state index < -0.39 is 0 Å². The van der Waals surface area contributed by atoms with Gasteiger partial charge in [-0.1, -0.05) is 6.07 Å². The van der Waals surface area contributed by atoms with Gasteiger partial charge in [-0.3, -0.25) is 11.3 Å². The van der Waals surface area contributed by atoms with Crippen LogP contribution in [0.25, 0.3) is 0 Å². The zero-order chi connectivity index (χ0) is 14.9. The minimum Gasteiger partial charge on any atom is -0.374 e. The van der Waals surface area contributed by atoms with Crippen molar-refractivity contribution in [2.75, 3.05) is 18.1 Å². The lowest BCUT2D eigenvalue weighted by atomic mass is 9.78. The number of thioether (sulfide) groups is 1. The predicted molar refractivity (Wildman–Crippen MR) is 84.6 cm³/mol. The molecule has 2 fully saturated rings. The first-order valence-corrected chi connectivity index (χ1v) is 8.73. The fourth-order valence-electron chi connectivity index (χ4n) is 3.68. The number of nitrogens with two attached hydrogens (primary N) is 1. The molecule has 0 aromatic heterocycles. The summed E-state index contributed by atoms with van der Waals surface area (Å²) in [4.78, 5) is 0. The van der Waals surface area contributed by atoms with E-state index >= 15 is 0 Å². The van der Waals surface area contributed by atoms with Crippen molar-refractivity contribution in [1.82, 2.24) is 5.43 Å². The van der Waals surface area contributed by atoms with E-state index in [0.29, 0.717) is 5.92 Å². The topological polar surface area (TPSA) is 47.3 Å². The molecule has 3 atom stereocenters. The molecule has 0 aliphatic carbocycles. The third kappa shape index (κ3) is 3.11. The monoisotopic (exact) mass is 310 g/mol. The highest BCUT2D eigenvalue weighted by Crippen LogP contribution is 2.44. The van der Waals surface area contributed by atoms with Crippen LogP contribution in [0.2, 0.25) is 0 Å². The molecule has 21 heavy (non-hydrogen) atoms. The van der Waals surface area contributed by atoms with Crippen LogP contribution in [0, 0.1) is 18.7 Å². The van der Waals surface area contributed by atoms with Gasteiger partial charge in [0.15, 0.2) is 0 Å². The van der Waals surface area contributed by atoms with Gasteiger partial charge >= 0.3 is 0 Å². The van der Waals surface area contributed by atoms with E-state index in [1.165, 1.54) is 11.8 Å². The van der Waals surface area contributed by atoms with Crippen molar-refractivity contribution in [3.63, 3.8) is 0 Å². The number of hydrogen-bond acceptors (Lipinski definition) is 4. The van der Waals surface area contributed by atoms with Crippen LogP contribution in [0.3, 0.4) is 0 Å². The number of halogens is 1. The predicted octanol–water partition coefficient (Wildman–Crippen LogP) is 2.94. The molecule has 1 aromatic carbocycles. The van der Waals surface area contributed by atoms with E-state index in [2.05, 4.69) is 5.43 Å². The van der Waals surface area contributed by atoms with Crippen molar-refractivity contribution in [3.05, 3.63) is 35.1 Å². The number of aryl methyl sites for hydroxylation is 1. The SMILES string of the molecule is Cc1cc(F)ccc1C(NN)C1CCOC2(CCSC2)C1. The first kappa shape index (κ1) is 15.3. The Labute approximate surface area is 129 Å². The van der Waals surface area contributed by atoms with Crippen molar-refractivity contribution in [3.8, 4) is 0 Å². The molecule has 0 amide bonds. The van der Waals surface area contributed by atoms with Crippen molar-refractivity contribution >= 4 is 11.8 Å². The highest BCUT2D eigenvalue weighted by molar-refractivity contribution is 7.99. The van der Waals surface area contributed by atoms with E-state index in [-0.39, 0.29) is 17.5 Å². The Morgan fingerprint density at radius 1 is 1.52 bits per heavy atom. The molecule has 0 saturated carbocycles. The van der Waals surface area contributed by atoms with E-state index in [9.17, 15) is 4.39 Å². The van der Waals surface area contributed by atoms with Gasteiger partial charge in [0.1, 0.15) is 5.82 Å². The van der Waals surface area contributed by atoms with E-state index in [1.807, 2.05) is 24.8 Å². The number of benzene rings is 1.